The molecule has 1 N–H and O–H groups in total. The first-order valence-electron chi connectivity index (χ1n) is 8.33. The first kappa shape index (κ1) is 15.5. The molecular weight excluding hydrogens is 318 g/mol. The van der Waals surface area contributed by atoms with Gasteiger partial charge in [0, 0.05) is 23.8 Å². The molecule has 1 aliphatic heterocycles. The van der Waals surface area contributed by atoms with Gasteiger partial charge in [-0.15, -0.1) is 11.3 Å². The number of thiophene rings is 1. The summed E-state index contributed by atoms with van der Waals surface area (Å²) in [4.78, 5) is 20.8. The lowest BCUT2D eigenvalue weighted by atomic mass is 10.1. The molecule has 1 saturated heterocycles. The normalized spacial score (nSPS) is 18.3. The number of nitrogens with one attached hydrogen (secondary N) is 1. The molecule has 0 bridgehead atoms. The Labute approximate surface area is 145 Å². The quantitative estimate of drug-likeness (QED) is 0.783. The number of aryl methyl sites for hydroxylation is 2. The summed E-state index contributed by atoms with van der Waals surface area (Å²) in [6, 6.07) is 4.66. The van der Waals surface area contributed by atoms with Crippen LogP contribution in [0.1, 0.15) is 40.8 Å². The molecule has 1 aliphatic rings. The van der Waals surface area contributed by atoms with Gasteiger partial charge in [0.2, 0.25) is 0 Å². The molecule has 4 heterocycles. The van der Waals surface area contributed by atoms with E-state index < -0.39 is 0 Å². The molecule has 0 amide bonds. The second kappa shape index (κ2) is 6.45. The average molecular weight is 339 g/mol. The predicted octanol–water partition coefficient (Wildman–Crippen LogP) is 3.88. The van der Waals surface area contributed by atoms with Crippen LogP contribution < -0.4 is 0 Å². The maximum absolute atomic E-state index is 4.74. The van der Waals surface area contributed by atoms with Crippen LogP contribution in [0.15, 0.2) is 29.9 Å². The van der Waals surface area contributed by atoms with Gasteiger partial charge in [0.1, 0.15) is 11.5 Å². The molecule has 6 heteroatoms. The van der Waals surface area contributed by atoms with Crippen molar-refractivity contribution in [2.45, 2.75) is 39.3 Å². The summed E-state index contributed by atoms with van der Waals surface area (Å²) in [7, 11) is 0. The third kappa shape index (κ3) is 2.99. The van der Waals surface area contributed by atoms with E-state index in [0.29, 0.717) is 6.04 Å². The lowest BCUT2D eigenvalue weighted by molar-refractivity contribution is 0.246. The molecule has 0 aromatic carbocycles. The summed E-state index contributed by atoms with van der Waals surface area (Å²) < 4.78 is 0. The number of aromatic amines is 1. The maximum Gasteiger partial charge on any atom is 0.156 e. The van der Waals surface area contributed by atoms with Crippen LogP contribution >= 0.6 is 11.3 Å². The van der Waals surface area contributed by atoms with Crippen LogP contribution in [0.25, 0.3) is 11.5 Å². The van der Waals surface area contributed by atoms with Crippen molar-refractivity contribution in [3.63, 3.8) is 0 Å². The van der Waals surface area contributed by atoms with Gasteiger partial charge < -0.3 is 4.98 Å². The van der Waals surface area contributed by atoms with Gasteiger partial charge in [-0.05, 0) is 56.3 Å². The van der Waals surface area contributed by atoms with E-state index >= 15 is 0 Å². The number of hydrogen-bond acceptors (Lipinski definition) is 5. The van der Waals surface area contributed by atoms with E-state index in [2.05, 4.69) is 44.3 Å². The van der Waals surface area contributed by atoms with Crippen molar-refractivity contribution in [3.8, 4) is 11.5 Å². The van der Waals surface area contributed by atoms with Gasteiger partial charge in [0.05, 0.1) is 11.7 Å². The summed E-state index contributed by atoms with van der Waals surface area (Å²) in [6.07, 6.45) is 5.95. The zero-order valence-corrected chi connectivity index (χ0v) is 14.8. The number of likely N-dealkylation sites (tertiary alicyclic amines) is 1. The molecule has 1 atom stereocenters. The van der Waals surface area contributed by atoms with Crippen LogP contribution in [0.3, 0.4) is 0 Å². The van der Waals surface area contributed by atoms with E-state index in [4.69, 9.17) is 4.98 Å². The fourth-order valence-electron chi connectivity index (χ4n) is 3.39. The van der Waals surface area contributed by atoms with E-state index in [-0.39, 0.29) is 0 Å². The highest BCUT2D eigenvalue weighted by Crippen LogP contribution is 2.34. The van der Waals surface area contributed by atoms with Gasteiger partial charge >= 0.3 is 0 Å². The number of H-pyrrole nitrogens is 1. The van der Waals surface area contributed by atoms with Gasteiger partial charge in [-0.1, -0.05) is 0 Å². The predicted molar refractivity (Wildman–Crippen MR) is 95.8 cm³/mol. The zero-order chi connectivity index (χ0) is 16.5. The molecule has 3 aromatic rings. The topological polar surface area (TPSA) is 57.7 Å². The Morgan fingerprint density at radius 3 is 3.00 bits per heavy atom. The highest BCUT2D eigenvalue weighted by Gasteiger charge is 2.28. The Morgan fingerprint density at radius 2 is 2.25 bits per heavy atom. The minimum absolute atomic E-state index is 0.363. The first-order chi connectivity index (χ1) is 11.7. The van der Waals surface area contributed by atoms with Gasteiger partial charge in [-0.25, -0.2) is 15.0 Å². The zero-order valence-electron chi connectivity index (χ0n) is 14.0. The Hall–Kier alpha value is -2.05. The number of hydrogen-bond donors (Lipinski definition) is 1. The Morgan fingerprint density at radius 1 is 1.33 bits per heavy atom. The van der Waals surface area contributed by atoms with Crippen molar-refractivity contribution in [1.82, 2.24) is 24.8 Å². The highest BCUT2D eigenvalue weighted by atomic mass is 32.1. The Balaban J connectivity index is 1.63. The molecule has 0 unspecified atom stereocenters. The third-order valence-electron chi connectivity index (χ3n) is 4.62. The molecule has 24 heavy (non-hydrogen) atoms. The second-order valence-corrected chi connectivity index (χ2v) is 7.32. The molecule has 0 aliphatic carbocycles. The fraction of sp³-hybridized carbons (Fsp3) is 0.389. The van der Waals surface area contributed by atoms with Crippen LogP contribution in [0.2, 0.25) is 0 Å². The molecular formula is C18H21N5S. The third-order valence-corrected chi connectivity index (χ3v) is 5.63. The summed E-state index contributed by atoms with van der Waals surface area (Å²) in [5, 5.41) is 2.18. The van der Waals surface area contributed by atoms with Crippen molar-refractivity contribution in [2.75, 3.05) is 6.54 Å². The van der Waals surface area contributed by atoms with E-state index in [1.54, 1.807) is 6.20 Å². The minimum atomic E-state index is 0.363. The monoisotopic (exact) mass is 339 g/mol. The minimum Gasteiger partial charge on any atom is -0.343 e. The summed E-state index contributed by atoms with van der Waals surface area (Å²) in [5.74, 6) is 1.61. The van der Waals surface area contributed by atoms with Gasteiger partial charge in [0.15, 0.2) is 5.82 Å². The summed E-state index contributed by atoms with van der Waals surface area (Å²) >= 11 is 1.85. The number of rotatable bonds is 4. The van der Waals surface area contributed by atoms with Crippen LogP contribution in [-0.2, 0) is 6.54 Å². The number of nitrogens with zero attached hydrogens (tertiary/aromatic N) is 4. The van der Waals surface area contributed by atoms with Crippen LogP contribution in [0.4, 0.5) is 0 Å². The molecule has 5 nitrogen and oxygen atoms in total. The standard InChI is InChI=1S/C18H21N5S/c1-12-5-9-24-17(12)11-23-8-3-4-16(23)14-10-15(22-13(2)21-14)18-19-6-7-20-18/h5-7,9-10,16H,3-4,8,11H2,1-2H3,(H,19,20)/t16-/m1/s1. The molecule has 0 saturated carbocycles. The number of imidazole rings is 1. The Kier molecular flexibility index (Phi) is 4.16. The molecule has 124 valence electrons. The van der Waals surface area contributed by atoms with Crippen LogP contribution in [0, 0.1) is 13.8 Å². The van der Waals surface area contributed by atoms with Crippen LogP contribution in [0.5, 0.6) is 0 Å². The van der Waals surface area contributed by atoms with Crippen molar-refractivity contribution in [1.29, 1.82) is 0 Å². The first-order valence-corrected chi connectivity index (χ1v) is 9.21. The molecule has 0 radical (unpaired) electrons. The average Bonchev–Trinajstić information content (AvgIpc) is 3.30. The second-order valence-electron chi connectivity index (χ2n) is 6.32. The lowest BCUT2D eigenvalue weighted by Crippen LogP contribution is -2.23. The Bertz CT molecular complexity index is 824. The largest absolute Gasteiger partial charge is 0.343 e. The van der Waals surface area contributed by atoms with Gasteiger partial charge in [-0.3, -0.25) is 4.90 Å². The lowest BCUT2D eigenvalue weighted by Gasteiger charge is -2.24. The summed E-state index contributed by atoms with van der Waals surface area (Å²) in [5.41, 5.74) is 3.38. The SMILES string of the molecule is Cc1nc(-c2ncc[nH]2)cc([C@H]2CCCN2Cc2sccc2C)n1. The summed E-state index contributed by atoms with van der Waals surface area (Å²) in [6.45, 7) is 6.29. The van der Waals surface area contributed by atoms with E-state index in [1.165, 1.54) is 16.9 Å². The molecule has 3 aromatic heterocycles. The van der Waals surface area contributed by atoms with Crippen molar-refractivity contribution in [2.24, 2.45) is 0 Å². The van der Waals surface area contributed by atoms with E-state index in [1.807, 2.05) is 24.5 Å². The molecule has 4 rings (SSSR count). The molecule has 0 spiro atoms. The van der Waals surface area contributed by atoms with E-state index in [0.717, 1.165) is 42.5 Å². The van der Waals surface area contributed by atoms with Crippen molar-refractivity contribution >= 4 is 11.3 Å². The fourth-order valence-corrected chi connectivity index (χ4v) is 4.32. The maximum atomic E-state index is 4.74. The van der Waals surface area contributed by atoms with Crippen LogP contribution in [-0.4, -0.2) is 31.4 Å². The smallest absolute Gasteiger partial charge is 0.156 e. The molecule has 1 fully saturated rings. The highest BCUT2D eigenvalue weighted by molar-refractivity contribution is 7.10. The van der Waals surface area contributed by atoms with E-state index in [9.17, 15) is 0 Å². The number of aromatic nitrogens is 4. The van der Waals surface area contributed by atoms with Gasteiger partial charge in [0.25, 0.3) is 0 Å². The van der Waals surface area contributed by atoms with Gasteiger partial charge in [-0.2, -0.15) is 0 Å². The van der Waals surface area contributed by atoms with Crippen molar-refractivity contribution in [3.05, 3.63) is 51.9 Å². The van der Waals surface area contributed by atoms with Crippen molar-refractivity contribution < 1.29 is 0 Å².